The van der Waals surface area contributed by atoms with E-state index in [1.165, 1.54) is 10.9 Å². The largest absolute Gasteiger partial charge is 0.492 e. The highest BCUT2D eigenvalue weighted by atomic mass is 31.0. The summed E-state index contributed by atoms with van der Waals surface area (Å²) in [5.74, 6) is 1.48. The molecule has 0 amide bonds. The molecule has 1 aliphatic heterocycles. The second kappa shape index (κ2) is 11.9. The number of nitrogens with zero attached hydrogens (tertiary/aromatic N) is 3. The number of amidine groups is 1. The maximum Gasteiger partial charge on any atom is 0.119 e. The molecule has 0 bridgehead atoms. The number of hydrogen-bond donors (Lipinski definition) is 1. The third-order valence-electron chi connectivity index (χ3n) is 5.61. The Bertz CT molecular complexity index is 1050. The fourth-order valence-corrected chi connectivity index (χ4v) is 4.12. The van der Waals surface area contributed by atoms with Crippen molar-refractivity contribution in [2.75, 3.05) is 39.5 Å². The van der Waals surface area contributed by atoms with Crippen LogP contribution in [0.1, 0.15) is 11.3 Å². The molecule has 172 valence electrons. The van der Waals surface area contributed by atoms with Gasteiger partial charge in [0.15, 0.2) is 0 Å². The first kappa shape index (κ1) is 23.4. The lowest BCUT2D eigenvalue weighted by Gasteiger charge is -2.26. The van der Waals surface area contributed by atoms with Gasteiger partial charge in [0, 0.05) is 52.7 Å². The smallest absolute Gasteiger partial charge is 0.119 e. The minimum Gasteiger partial charge on any atom is -0.492 e. The molecule has 1 atom stereocenters. The summed E-state index contributed by atoms with van der Waals surface area (Å²) in [6.45, 7) is 5.79. The summed E-state index contributed by atoms with van der Waals surface area (Å²) >= 11 is 0. The molecule has 0 radical (unpaired) electrons. The predicted octanol–water partition coefficient (Wildman–Crippen LogP) is 2.79. The van der Waals surface area contributed by atoms with Crippen LogP contribution in [0.15, 0.2) is 71.9 Å². The Morgan fingerprint density at radius 2 is 1.85 bits per heavy atom. The Balaban J connectivity index is 1.27. The maximum atomic E-state index is 6.13. The summed E-state index contributed by atoms with van der Waals surface area (Å²) in [7, 11) is 1.87. The normalized spacial score (nSPS) is 15.0. The lowest BCUT2D eigenvalue weighted by atomic mass is 10.1. The molecule has 6 nitrogen and oxygen atoms in total. The molecule has 2 aromatic carbocycles. The van der Waals surface area contributed by atoms with Gasteiger partial charge in [-0.1, -0.05) is 30.3 Å². The van der Waals surface area contributed by atoms with Crippen molar-refractivity contribution >= 4 is 20.4 Å². The van der Waals surface area contributed by atoms with E-state index in [9.17, 15) is 0 Å². The van der Waals surface area contributed by atoms with Gasteiger partial charge in [-0.3, -0.25) is 14.9 Å². The summed E-state index contributed by atoms with van der Waals surface area (Å²) in [5.41, 5.74) is 10.4. The monoisotopic (exact) mass is 463 g/mol. The first-order chi connectivity index (χ1) is 16.2. The molecule has 0 spiro atoms. The zero-order valence-electron chi connectivity index (χ0n) is 19.0. The molecular formula is C26H32N4O2P+. The van der Waals surface area contributed by atoms with Crippen LogP contribution < -0.4 is 15.8 Å². The summed E-state index contributed by atoms with van der Waals surface area (Å²) in [6.07, 6.45) is 2.43. The number of ether oxygens (including phenoxy) is 2. The van der Waals surface area contributed by atoms with Crippen LogP contribution >= 0.6 is 9.24 Å². The molecule has 33 heavy (non-hydrogen) atoms. The molecular weight excluding hydrogens is 431 g/mol. The quantitative estimate of drug-likeness (QED) is 0.300. The van der Waals surface area contributed by atoms with E-state index in [1.807, 2.05) is 39.7 Å². The number of aromatic nitrogens is 1. The van der Waals surface area contributed by atoms with Crippen molar-refractivity contribution in [1.82, 2.24) is 9.88 Å². The number of benzene rings is 2. The van der Waals surface area contributed by atoms with Crippen molar-refractivity contribution in [3.8, 4) is 16.9 Å². The van der Waals surface area contributed by atoms with Gasteiger partial charge in [0.1, 0.15) is 18.2 Å². The molecule has 2 heterocycles. The van der Waals surface area contributed by atoms with Crippen molar-refractivity contribution in [1.29, 1.82) is 0 Å². The van der Waals surface area contributed by atoms with Crippen LogP contribution in [-0.4, -0.2) is 55.2 Å². The first-order valence-electron chi connectivity index (χ1n) is 11.3. The maximum absolute atomic E-state index is 6.13. The number of nitrogens with two attached hydrogens (primary N) is 1. The van der Waals surface area contributed by atoms with Crippen LogP contribution in [0.5, 0.6) is 5.75 Å². The van der Waals surface area contributed by atoms with E-state index in [4.69, 9.17) is 15.2 Å². The highest BCUT2D eigenvalue weighted by Gasteiger charge is 2.10. The van der Waals surface area contributed by atoms with Crippen LogP contribution in [0.4, 0.5) is 0 Å². The average Bonchev–Trinajstić information content (AvgIpc) is 2.85. The summed E-state index contributed by atoms with van der Waals surface area (Å²) < 4.78 is 11.3. The summed E-state index contributed by atoms with van der Waals surface area (Å²) in [4.78, 5) is 11.5. The van der Waals surface area contributed by atoms with Crippen LogP contribution in [0.3, 0.4) is 0 Å². The average molecular weight is 464 g/mol. The van der Waals surface area contributed by atoms with Crippen LogP contribution in [0.25, 0.3) is 11.1 Å². The molecule has 7 heteroatoms. The van der Waals surface area contributed by atoms with Crippen LogP contribution in [-0.2, 0) is 17.7 Å². The topological polar surface area (TPSA) is 73.0 Å². The Labute approximate surface area is 198 Å². The molecule has 2 N–H and O–H groups in total. The predicted molar refractivity (Wildman–Crippen MR) is 139 cm³/mol. The molecule has 1 fully saturated rings. The van der Waals surface area contributed by atoms with Crippen molar-refractivity contribution < 1.29 is 9.47 Å². The minimum absolute atomic E-state index is 0.545. The molecule has 1 unspecified atom stereocenters. The molecule has 1 saturated heterocycles. The van der Waals surface area contributed by atoms with Crippen molar-refractivity contribution in [3.63, 3.8) is 0 Å². The van der Waals surface area contributed by atoms with E-state index < -0.39 is 0 Å². The van der Waals surface area contributed by atoms with E-state index in [1.54, 1.807) is 0 Å². The number of rotatable bonds is 9. The lowest BCUT2D eigenvalue weighted by molar-refractivity contribution is 0.0322. The molecule has 1 aromatic heterocycles. The van der Waals surface area contributed by atoms with Gasteiger partial charge in [0.25, 0.3) is 0 Å². The van der Waals surface area contributed by atoms with Crippen molar-refractivity contribution in [2.24, 2.45) is 10.7 Å². The minimum atomic E-state index is 0.545. The number of aliphatic imine (C=N–C) groups is 1. The number of hydrogen-bond acceptors (Lipinski definition) is 5. The first-order valence-corrected chi connectivity index (χ1v) is 12.0. The van der Waals surface area contributed by atoms with Gasteiger partial charge < -0.3 is 15.2 Å². The van der Waals surface area contributed by atoms with Crippen LogP contribution in [0, 0.1) is 0 Å². The van der Waals surface area contributed by atoms with Gasteiger partial charge in [0.2, 0.25) is 0 Å². The Morgan fingerprint density at radius 1 is 1.06 bits per heavy atom. The fourth-order valence-electron chi connectivity index (χ4n) is 3.72. The van der Waals surface area contributed by atoms with Gasteiger partial charge in [-0.15, -0.1) is 0 Å². The Hall–Kier alpha value is -2.79. The highest BCUT2D eigenvalue weighted by molar-refractivity contribution is 7.27. The van der Waals surface area contributed by atoms with Crippen LogP contribution in [0.2, 0.25) is 0 Å². The summed E-state index contributed by atoms with van der Waals surface area (Å²) in [6, 6.07) is 20.6. The van der Waals surface area contributed by atoms with E-state index in [-0.39, 0.29) is 0 Å². The molecule has 3 aromatic rings. The molecule has 0 aliphatic carbocycles. The van der Waals surface area contributed by atoms with E-state index >= 15 is 0 Å². The van der Waals surface area contributed by atoms with Crippen molar-refractivity contribution in [3.05, 3.63) is 78.1 Å². The molecule has 0 saturated carbocycles. The zero-order chi connectivity index (χ0) is 22.9. The number of morpholine rings is 1. The SMILES string of the molecule is NC(Cc1ccc(-c2ccc(OCCN3CCOCC3)cc2)cn1)=NCc1cccc([PH3+])c1. The van der Waals surface area contributed by atoms with E-state index in [2.05, 4.69) is 51.3 Å². The van der Waals surface area contributed by atoms with Crippen molar-refractivity contribution in [2.45, 2.75) is 13.0 Å². The Kier molecular flexibility index (Phi) is 8.42. The van der Waals surface area contributed by atoms with E-state index in [0.29, 0.717) is 25.4 Å². The van der Waals surface area contributed by atoms with Gasteiger partial charge in [-0.2, -0.15) is 0 Å². The molecule has 1 aliphatic rings. The molecule has 4 rings (SSSR count). The standard InChI is InChI=1S/C26H31N4O2P/c27-26(29-18-20-2-1-3-25(33)16-20)17-23-7-4-22(19-28-23)21-5-8-24(9-6-21)32-15-12-30-10-13-31-14-11-30/h1-9,16,19H,10-15,17-18,33H2,(H2,27,29)/p+1. The van der Waals surface area contributed by atoms with Gasteiger partial charge in [-0.25, -0.2) is 0 Å². The van der Waals surface area contributed by atoms with Gasteiger partial charge in [0.05, 0.1) is 25.1 Å². The second-order valence-electron chi connectivity index (χ2n) is 8.17. The second-order valence-corrected chi connectivity index (χ2v) is 8.99. The third kappa shape index (κ3) is 7.36. The van der Waals surface area contributed by atoms with Gasteiger partial charge in [-0.05, 0) is 41.5 Å². The number of pyridine rings is 1. The Morgan fingerprint density at radius 3 is 2.58 bits per heavy atom. The highest BCUT2D eigenvalue weighted by Crippen LogP contribution is 2.22. The lowest BCUT2D eigenvalue weighted by Crippen LogP contribution is -2.38. The summed E-state index contributed by atoms with van der Waals surface area (Å²) in [5, 5.41) is 1.26. The zero-order valence-corrected chi connectivity index (χ0v) is 20.4. The van der Waals surface area contributed by atoms with E-state index in [0.717, 1.165) is 55.4 Å². The third-order valence-corrected chi connectivity index (χ3v) is 6.05. The van der Waals surface area contributed by atoms with Gasteiger partial charge >= 0.3 is 0 Å². The fraction of sp³-hybridized carbons (Fsp3) is 0.308.